The van der Waals surface area contributed by atoms with E-state index in [0.29, 0.717) is 23.5 Å². The molecule has 0 aliphatic heterocycles. The van der Waals surface area contributed by atoms with Crippen LogP contribution in [0.25, 0.3) is 11.2 Å². The van der Waals surface area contributed by atoms with E-state index in [-0.39, 0.29) is 11.5 Å². The van der Waals surface area contributed by atoms with E-state index >= 15 is 0 Å². The lowest BCUT2D eigenvalue weighted by Gasteiger charge is -2.15. The van der Waals surface area contributed by atoms with Gasteiger partial charge in [-0.1, -0.05) is 39.7 Å². The van der Waals surface area contributed by atoms with E-state index in [9.17, 15) is 13.6 Å². The first-order valence-corrected chi connectivity index (χ1v) is 11.4. The summed E-state index contributed by atoms with van der Waals surface area (Å²) in [5, 5.41) is 5.69. The number of thioether (sulfide) groups is 1. The fourth-order valence-corrected chi connectivity index (χ4v) is 3.42. The Morgan fingerprint density at radius 3 is 2.45 bits per heavy atom. The zero-order valence-electron chi connectivity index (χ0n) is 18.0. The first-order valence-electron chi connectivity index (χ1n) is 10.2. The van der Waals surface area contributed by atoms with E-state index in [2.05, 4.69) is 52.4 Å². The Hall–Kier alpha value is -2.68. The number of aromatic amines is 1. The number of alkyl halides is 2. The molecule has 1 saturated carbocycles. The summed E-state index contributed by atoms with van der Waals surface area (Å²) in [6.07, 6.45) is 2.67. The Bertz CT molecular complexity index is 1050. The van der Waals surface area contributed by atoms with Crippen molar-refractivity contribution in [1.29, 1.82) is 0 Å². The topological polar surface area (TPSA) is 82.7 Å². The van der Waals surface area contributed by atoms with Gasteiger partial charge < -0.3 is 15.6 Å². The van der Waals surface area contributed by atoms with E-state index in [1.165, 1.54) is 18.4 Å². The minimum absolute atomic E-state index is 0.101. The van der Waals surface area contributed by atoms with Gasteiger partial charge in [0.2, 0.25) is 6.41 Å². The van der Waals surface area contributed by atoms with Crippen molar-refractivity contribution in [2.45, 2.75) is 50.9 Å². The highest BCUT2D eigenvalue weighted by atomic mass is 32.2. The number of nitrogens with zero attached hydrogens (tertiary/aromatic N) is 2. The summed E-state index contributed by atoms with van der Waals surface area (Å²) in [5.74, 6) is 1.23. The fourth-order valence-electron chi connectivity index (χ4n) is 2.82. The van der Waals surface area contributed by atoms with Gasteiger partial charge >= 0.3 is 0 Å². The Balaban J connectivity index is 0.000000610. The van der Waals surface area contributed by atoms with Crippen molar-refractivity contribution >= 4 is 46.5 Å². The van der Waals surface area contributed by atoms with Gasteiger partial charge in [-0.15, -0.1) is 11.8 Å². The zero-order chi connectivity index (χ0) is 22.5. The number of halogens is 2. The second-order valence-corrected chi connectivity index (χ2v) is 8.71. The first kappa shape index (κ1) is 23.0. The van der Waals surface area contributed by atoms with Crippen molar-refractivity contribution < 1.29 is 13.6 Å². The van der Waals surface area contributed by atoms with Crippen LogP contribution in [-0.2, 0) is 4.79 Å². The maximum atomic E-state index is 13.0. The van der Waals surface area contributed by atoms with E-state index in [1.54, 1.807) is 17.8 Å². The Kier molecular flexibility index (Phi) is 7.48. The summed E-state index contributed by atoms with van der Waals surface area (Å²) in [6.45, 7) is 6.51. The molecule has 1 amide bonds. The summed E-state index contributed by atoms with van der Waals surface area (Å²) >= 11 is 1.58. The quantitative estimate of drug-likeness (QED) is 0.286. The molecule has 0 bridgehead atoms. The maximum absolute atomic E-state index is 13.0. The predicted molar refractivity (Wildman–Crippen MR) is 123 cm³/mol. The number of pyridine rings is 1. The zero-order valence-corrected chi connectivity index (χ0v) is 18.8. The van der Waals surface area contributed by atoms with Crippen molar-refractivity contribution in [3.63, 3.8) is 0 Å². The molecule has 3 N–H and O–H groups in total. The van der Waals surface area contributed by atoms with Gasteiger partial charge in [0.25, 0.3) is 6.43 Å². The Morgan fingerprint density at radius 2 is 1.90 bits per heavy atom. The van der Waals surface area contributed by atoms with Crippen LogP contribution in [0.5, 0.6) is 0 Å². The number of carbonyl (C=O) groups excluding carboxylic acids is 1. The van der Waals surface area contributed by atoms with Crippen LogP contribution in [0.15, 0.2) is 29.2 Å². The van der Waals surface area contributed by atoms with Gasteiger partial charge in [0.05, 0.1) is 11.4 Å². The highest BCUT2D eigenvalue weighted by Crippen LogP contribution is 2.34. The summed E-state index contributed by atoms with van der Waals surface area (Å²) in [4.78, 5) is 22.3. The number of rotatable bonds is 7. The lowest BCUT2D eigenvalue weighted by Crippen LogP contribution is -2.01. The smallest absolute Gasteiger partial charge is 0.295 e. The second kappa shape index (κ2) is 10.1. The highest BCUT2D eigenvalue weighted by molar-refractivity contribution is 7.98. The number of hydrogen-bond donors (Lipinski definition) is 3. The van der Waals surface area contributed by atoms with E-state index < -0.39 is 12.2 Å². The van der Waals surface area contributed by atoms with Crippen molar-refractivity contribution in [3.8, 4) is 0 Å². The number of anilines is 3. The SMILES string of the molecule is CC1CC1.CSc1cc(C(C)C)ccc1Nc1cc(NC=O)nc2nc(C(F)F)[nH]c12. The molecule has 0 spiro atoms. The van der Waals surface area contributed by atoms with Gasteiger partial charge in [-0.3, -0.25) is 4.79 Å². The molecule has 1 aromatic carbocycles. The Morgan fingerprint density at radius 1 is 1.19 bits per heavy atom. The second-order valence-electron chi connectivity index (χ2n) is 7.86. The molecule has 31 heavy (non-hydrogen) atoms. The molecule has 0 saturated heterocycles. The molecule has 6 nitrogen and oxygen atoms in total. The first-order chi connectivity index (χ1) is 14.8. The van der Waals surface area contributed by atoms with Gasteiger partial charge in [-0.05, 0) is 35.8 Å². The third-order valence-electron chi connectivity index (χ3n) is 4.92. The van der Waals surface area contributed by atoms with E-state index in [0.717, 1.165) is 16.5 Å². The third-order valence-corrected chi connectivity index (χ3v) is 5.70. The van der Waals surface area contributed by atoms with Crippen LogP contribution in [-0.4, -0.2) is 27.6 Å². The minimum Gasteiger partial charge on any atom is -0.353 e. The van der Waals surface area contributed by atoms with Gasteiger partial charge in [-0.25, -0.2) is 18.7 Å². The van der Waals surface area contributed by atoms with Crippen LogP contribution in [0.2, 0.25) is 0 Å². The molecule has 2 heterocycles. The van der Waals surface area contributed by atoms with Crippen LogP contribution >= 0.6 is 11.8 Å². The normalized spacial score (nSPS) is 13.3. The van der Waals surface area contributed by atoms with Crippen molar-refractivity contribution in [1.82, 2.24) is 15.0 Å². The number of imidazole rings is 1. The molecule has 0 atom stereocenters. The molecule has 9 heteroatoms. The largest absolute Gasteiger partial charge is 0.353 e. The number of nitrogens with one attached hydrogen (secondary N) is 3. The predicted octanol–water partition coefficient (Wildman–Crippen LogP) is 6.47. The standard InChI is InChI=1S/C18H19F2N5OS.C4H8/c1-9(2)10-4-5-11(13(6-10)27-3)22-12-7-14(21-8-26)23-17-15(12)24-18(25-17)16(19)20;1-4-2-3-4/h4-9,16H,1-3H3,(H3,21,22,23,24,25,26);4H,2-3H2,1H3. The van der Waals surface area contributed by atoms with Crippen LogP contribution < -0.4 is 10.6 Å². The number of hydrogen-bond acceptors (Lipinski definition) is 5. The molecule has 2 aromatic heterocycles. The van der Waals surface area contributed by atoms with Gasteiger partial charge in [0.15, 0.2) is 11.5 Å². The summed E-state index contributed by atoms with van der Waals surface area (Å²) in [6, 6.07) is 7.64. The van der Waals surface area contributed by atoms with Gasteiger partial charge in [-0.2, -0.15) is 0 Å². The summed E-state index contributed by atoms with van der Waals surface area (Å²) < 4.78 is 26.1. The molecule has 1 aliphatic carbocycles. The number of H-pyrrole nitrogens is 1. The molecule has 1 aliphatic rings. The average molecular weight is 448 g/mol. The van der Waals surface area contributed by atoms with Gasteiger partial charge in [0.1, 0.15) is 11.3 Å². The Labute approximate surface area is 184 Å². The average Bonchev–Trinajstić information content (AvgIpc) is 3.38. The molecule has 166 valence electrons. The molecular formula is C22H27F2N5OS. The number of fused-ring (bicyclic) bond motifs is 1. The minimum atomic E-state index is -2.75. The monoisotopic (exact) mass is 447 g/mol. The molecular weight excluding hydrogens is 420 g/mol. The number of carbonyl (C=O) groups is 1. The highest BCUT2D eigenvalue weighted by Gasteiger charge is 2.18. The molecule has 3 aromatic rings. The van der Waals surface area contributed by atoms with Gasteiger partial charge in [0, 0.05) is 11.0 Å². The molecule has 1 fully saturated rings. The molecule has 0 unspecified atom stereocenters. The van der Waals surface area contributed by atoms with E-state index in [4.69, 9.17) is 0 Å². The third kappa shape index (κ3) is 5.94. The maximum Gasteiger partial charge on any atom is 0.295 e. The lowest BCUT2D eigenvalue weighted by molar-refractivity contribution is -0.105. The number of benzene rings is 1. The van der Waals surface area contributed by atoms with Crippen molar-refractivity contribution in [2.75, 3.05) is 16.9 Å². The lowest BCUT2D eigenvalue weighted by atomic mass is 10.0. The van der Waals surface area contributed by atoms with E-state index in [1.807, 2.05) is 18.4 Å². The fraction of sp³-hybridized carbons (Fsp3) is 0.409. The number of aromatic nitrogens is 3. The van der Waals surface area contributed by atoms with Crippen molar-refractivity contribution in [2.24, 2.45) is 5.92 Å². The number of amides is 1. The summed E-state index contributed by atoms with van der Waals surface area (Å²) in [5.41, 5.74) is 2.97. The van der Waals surface area contributed by atoms with Crippen LogP contribution in [0, 0.1) is 5.92 Å². The van der Waals surface area contributed by atoms with Crippen LogP contribution in [0.3, 0.4) is 0 Å². The van der Waals surface area contributed by atoms with Crippen LogP contribution in [0.4, 0.5) is 26.0 Å². The molecule has 4 rings (SSSR count). The molecule has 0 radical (unpaired) electrons. The van der Waals surface area contributed by atoms with Crippen molar-refractivity contribution in [3.05, 3.63) is 35.7 Å². The van der Waals surface area contributed by atoms with Crippen LogP contribution in [0.1, 0.15) is 57.3 Å². The summed E-state index contributed by atoms with van der Waals surface area (Å²) in [7, 11) is 0.